The number of aromatic nitrogens is 6. The lowest BCUT2D eigenvalue weighted by Crippen LogP contribution is -2.18. The number of rotatable bonds is 7. The molecule has 166 valence electrons. The van der Waals surface area contributed by atoms with E-state index in [4.69, 9.17) is 9.47 Å². The second kappa shape index (κ2) is 8.74. The number of esters is 1. The summed E-state index contributed by atoms with van der Waals surface area (Å²) in [6.45, 7) is 6.12. The van der Waals surface area contributed by atoms with Crippen LogP contribution in [-0.2, 0) is 4.74 Å². The molecule has 0 spiro atoms. The van der Waals surface area contributed by atoms with Crippen molar-refractivity contribution in [2.75, 3.05) is 13.7 Å². The van der Waals surface area contributed by atoms with Gasteiger partial charge < -0.3 is 9.47 Å². The number of ether oxygens (including phenoxy) is 2. The Morgan fingerprint density at radius 3 is 2.53 bits per heavy atom. The van der Waals surface area contributed by atoms with Crippen LogP contribution in [0.15, 0.2) is 42.9 Å². The number of halogens is 1. The minimum atomic E-state index is -0.473. The van der Waals surface area contributed by atoms with Gasteiger partial charge in [-0.15, -0.1) is 0 Å². The highest BCUT2D eigenvalue weighted by Gasteiger charge is 2.25. The molecule has 32 heavy (non-hydrogen) atoms. The fourth-order valence-electron chi connectivity index (χ4n) is 3.60. The van der Waals surface area contributed by atoms with Crippen LogP contribution in [0.2, 0.25) is 0 Å². The van der Waals surface area contributed by atoms with Gasteiger partial charge in [0.2, 0.25) is 5.88 Å². The Balaban J connectivity index is 1.79. The van der Waals surface area contributed by atoms with Crippen LogP contribution in [0, 0.1) is 11.7 Å². The maximum absolute atomic E-state index is 13.5. The summed E-state index contributed by atoms with van der Waals surface area (Å²) >= 11 is 0. The molecule has 3 heterocycles. The van der Waals surface area contributed by atoms with E-state index in [0.29, 0.717) is 22.5 Å². The van der Waals surface area contributed by atoms with Crippen molar-refractivity contribution in [1.29, 1.82) is 0 Å². The van der Waals surface area contributed by atoms with Crippen LogP contribution in [0.25, 0.3) is 17.0 Å². The first-order chi connectivity index (χ1) is 15.4. The molecule has 0 amide bonds. The molecule has 1 aromatic carbocycles. The topological polar surface area (TPSA) is 97.0 Å². The van der Waals surface area contributed by atoms with E-state index in [2.05, 4.69) is 34.0 Å². The van der Waals surface area contributed by atoms with E-state index in [1.54, 1.807) is 29.9 Å². The van der Waals surface area contributed by atoms with Crippen LogP contribution < -0.4 is 4.74 Å². The molecule has 0 saturated heterocycles. The zero-order chi connectivity index (χ0) is 22.8. The number of methoxy groups -OCH3 is 1. The normalized spacial score (nSPS) is 12.3. The number of carbonyl (C=O) groups excluding carboxylic acids is 1. The van der Waals surface area contributed by atoms with Crippen molar-refractivity contribution < 1.29 is 18.7 Å². The summed E-state index contributed by atoms with van der Waals surface area (Å²) in [5.74, 6) is -0.0887. The largest absolute Gasteiger partial charge is 0.479 e. The Morgan fingerprint density at radius 2 is 1.88 bits per heavy atom. The van der Waals surface area contributed by atoms with Gasteiger partial charge in [0.25, 0.3) is 5.95 Å². The number of fused-ring (bicyclic) bond motifs is 1. The lowest BCUT2D eigenvalue weighted by Gasteiger charge is -2.23. The van der Waals surface area contributed by atoms with E-state index in [1.165, 1.54) is 36.3 Å². The van der Waals surface area contributed by atoms with Crippen LogP contribution in [0.5, 0.6) is 5.88 Å². The van der Waals surface area contributed by atoms with E-state index < -0.39 is 5.97 Å². The number of carbonyl (C=O) groups is 1. The Bertz CT molecular complexity index is 1250. The van der Waals surface area contributed by atoms with Gasteiger partial charge in [0.15, 0.2) is 0 Å². The summed E-state index contributed by atoms with van der Waals surface area (Å²) in [6.07, 6.45) is 4.51. The third kappa shape index (κ3) is 3.91. The van der Waals surface area contributed by atoms with Crippen molar-refractivity contribution in [3.63, 3.8) is 0 Å². The van der Waals surface area contributed by atoms with E-state index in [1.807, 2.05) is 0 Å². The van der Waals surface area contributed by atoms with Crippen molar-refractivity contribution in [3.8, 4) is 11.8 Å². The maximum atomic E-state index is 13.5. The average Bonchev–Trinajstić information content (AvgIpc) is 3.43. The summed E-state index contributed by atoms with van der Waals surface area (Å²) in [5, 5.41) is 8.72. The molecule has 1 atom stereocenters. The second-order valence-corrected chi connectivity index (χ2v) is 7.49. The zero-order valence-electron chi connectivity index (χ0n) is 18.2. The quantitative estimate of drug-likeness (QED) is 0.407. The number of hydrogen-bond donors (Lipinski definition) is 0. The molecule has 0 aliphatic heterocycles. The van der Waals surface area contributed by atoms with E-state index in [-0.39, 0.29) is 30.3 Å². The van der Waals surface area contributed by atoms with Crippen molar-refractivity contribution in [3.05, 3.63) is 59.8 Å². The first-order valence-corrected chi connectivity index (χ1v) is 10.2. The Labute approximate surface area is 183 Å². The lowest BCUT2D eigenvalue weighted by molar-refractivity contribution is 0.0526. The molecule has 0 aliphatic rings. The van der Waals surface area contributed by atoms with Crippen LogP contribution in [0.4, 0.5) is 4.39 Å². The van der Waals surface area contributed by atoms with Gasteiger partial charge >= 0.3 is 5.97 Å². The Kier molecular flexibility index (Phi) is 5.85. The van der Waals surface area contributed by atoms with Gasteiger partial charge in [-0.2, -0.15) is 15.2 Å². The van der Waals surface area contributed by atoms with Crippen molar-refractivity contribution in [2.45, 2.75) is 26.8 Å². The average molecular weight is 438 g/mol. The molecule has 0 N–H and O–H groups in total. The highest BCUT2D eigenvalue weighted by Crippen LogP contribution is 2.32. The molecule has 0 saturated carbocycles. The number of nitrogens with zero attached hydrogens (tertiary/aromatic N) is 6. The summed E-state index contributed by atoms with van der Waals surface area (Å²) in [4.78, 5) is 21.0. The van der Waals surface area contributed by atoms with Gasteiger partial charge in [-0.1, -0.05) is 26.0 Å². The third-order valence-corrected chi connectivity index (χ3v) is 5.00. The lowest BCUT2D eigenvalue weighted by atomic mass is 9.96. The smallest absolute Gasteiger partial charge is 0.341 e. The molecular formula is C22H23FN6O3. The van der Waals surface area contributed by atoms with E-state index in [0.717, 1.165) is 5.56 Å². The highest BCUT2D eigenvalue weighted by atomic mass is 19.1. The van der Waals surface area contributed by atoms with Crippen molar-refractivity contribution in [1.82, 2.24) is 29.5 Å². The first-order valence-electron chi connectivity index (χ1n) is 10.2. The predicted octanol–water partition coefficient (Wildman–Crippen LogP) is 3.58. The molecule has 1 unspecified atom stereocenters. The fraction of sp³-hybridized carbons (Fsp3) is 0.318. The zero-order valence-corrected chi connectivity index (χ0v) is 18.2. The van der Waals surface area contributed by atoms with Gasteiger partial charge in [0.1, 0.15) is 16.9 Å². The Hall–Kier alpha value is -3.82. The van der Waals surface area contributed by atoms with E-state index >= 15 is 0 Å². The molecular weight excluding hydrogens is 415 g/mol. The van der Waals surface area contributed by atoms with Gasteiger partial charge in [-0.25, -0.2) is 23.5 Å². The molecule has 0 fully saturated rings. The second-order valence-electron chi connectivity index (χ2n) is 7.49. The van der Waals surface area contributed by atoms with Crippen molar-refractivity contribution >= 4 is 17.0 Å². The molecule has 0 aliphatic carbocycles. The molecule has 4 rings (SSSR count). The number of hydrogen-bond acceptors (Lipinski definition) is 7. The molecule has 0 bridgehead atoms. The minimum Gasteiger partial charge on any atom is -0.479 e. The molecule has 9 nitrogen and oxygen atoms in total. The molecule has 10 heteroatoms. The SMILES string of the molecule is CCOC(=O)c1cnn(-c2nc(OC)c3c(cnn3C(c3ccc(F)cc3)C(C)C)n2)c1. The van der Waals surface area contributed by atoms with Gasteiger partial charge in [0, 0.05) is 6.20 Å². The summed E-state index contributed by atoms with van der Waals surface area (Å²) in [6, 6.07) is 6.17. The predicted molar refractivity (Wildman–Crippen MR) is 114 cm³/mol. The van der Waals surface area contributed by atoms with Crippen molar-refractivity contribution in [2.24, 2.45) is 5.92 Å². The maximum Gasteiger partial charge on any atom is 0.341 e. The number of benzene rings is 1. The summed E-state index contributed by atoms with van der Waals surface area (Å²) in [7, 11) is 1.51. The van der Waals surface area contributed by atoms with Crippen LogP contribution in [0.3, 0.4) is 0 Å². The molecule has 0 radical (unpaired) electrons. The van der Waals surface area contributed by atoms with Gasteiger partial charge in [-0.3, -0.25) is 0 Å². The van der Waals surface area contributed by atoms with Crippen LogP contribution in [0.1, 0.15) is 42.7 Å². The summed E-state index contributed by atoms with van der Waals surface area (Å²) < 4.78 is 27.2. The summed E-state index contributed by atoms with van der Waals surface area (Å²) in [5.41, 5.74) is 2.36. The van der Waals surface area contributed by atoms with Crippen LogP contribution >= 0.6 is 0 Å². The standard InChI is InChI=1S/C22H23FN6O3/c1-5-32-21(30)15-10-24-28(12-15)22-26-17-11-25-29(19(17)20(27-22)31-4)18(13(2)3)14-6-8-16(23)9-7-14/h6-13,18H,5H2,1-4H3. The van der Waals surface area contributed by atoms with E-state index in [9.17, 15) is 9.18 Å². The Morgan fingerprint density at radius 1 is 1.12 bits per heavy atom. The van der Waals surface area contributed by atoms with Crippen LogP contribution in [-0.4, -0.2) is 49.2 Å². The molecule has 3 aromatic heterocycles. The van der Waals surface area contributed by atoms with Gasteiger partial charge in [-0.05, 0) is 30.5 Å². The fourth-order valence-corrected chi connectivity index (χ4v) is 3.60. The molecule has 4 aromatic rings. The van der Waals surface area contributed by atoms with Gasteiger partial charge in [0.05, 0.1) is 37.7 Å². The first kappa shape index (κ1) is 21.4. The third-order valence-electron chi connectivity index (χ3n) is 5.00. The minimum absolute atomic E-state index is 0.145. The monoisotopic (exact) mass is 438 g/mol. The highest BCUT2D eigenvalue weighted by molar-refractivity contribution is 5.88.